The molecule has 1 N–H and O–H groups in total. The van der Waals surface area contributed by atoms with E-state index in [4.69, 9.17) is 4.74 Å². The summed E-state index contributed by atoms with van der Waals surface area (Å²) in [6, 6.07) is 7.00. The molecule has 0 amide bonds. The predicted molar refractivity (Wildman–Crippen MR) is 83.5 cm³/mol. The molecular formula is C14H18N2OS2. The molecule has 1 aliphatic carbocycles. The molecule has 102 valence electrons. The lowest BCUT2D eigenvalue weighted by atomic mass is 9.89. The summed E-state index contributed by atoms with van der Waals surface area (Å²) in [5.74, 6) is 0. The number of hydrogen-bond acceptors (Lipinski definition) is 5. The van der Waals surface area contributed by atoms with Crippen molar-refractivity contribution in [3.05, 3.63) is 18.2 Å². The molecule has 3 rings (SSSR count). The summed E-state index contributed by atoms with van der Waals surface area (Å²) in [5.41, 5.74) is 2.30. The minimum atomic E-state index is 0.456. The number of nitrogens with one attached hydrogen (secondary N) is 1. The topological polar surface area (TPSA) is 34.1 Å². The van der Waals surface area contributed by atoms with Gasteiger partial charge in [-0.3, -0.25) is 0 Å². The number of hydrogen-bond donors (Lipinski definition) is 1. The fourth-order valence-corrected chi connectivity index (χ4v) is 3.90. The second kappa shape index (κ2) is 5.69. The van der Waals surface area contributed by atoms with Crippen molar-refractivity contribution < 1.29 is 4.74 Å². The van der Waals surface area contributed by atoms with Crippen molar-refractivity contribution in [3.63, 3.8) is 0 Å². The SMILES string of the molecule is CCOC1CC(Nc2ccc3nc(SC)sc3c2)C1. The summed E-state index contributed by atoms with van der Waals surface area (Å²) in [6.45, 7) is 2.88. The standard InChI is InChI=1S/C14H18N2OS2/c1-3-17-11-6-10(7-11)15-9-4-5-12-13(8-9)19-14(16-12)18-2/h4-5,8,10-11,15H,3,6-7H2,1-2H3. The molecule has 0 unspecified atom stereocenters. The van der Waals surface area contributed by atoms with Gasteiger partial charge in [-0.2, -0.15) is 0 Å². The summed E-state index contributed by atoms with van der Waals surface area (Å²) in [7, 11) is 0. The third-order valence-corrected chi connectivity index (χ3v) is 5.41. The molecule has 1 fully saturated rings. The quantitative estimate of drug-likeness (QED) is 0.845. The molecule has 0 radical (unpaired) electrons. The van der Waals surface area contributed by atoms with Crippen molar-refractivity contribution >= 4 is 39.0 Å². The number of thioether (sulfide) groups is 1. The average Bonchev–Trinajstić information content (AvgIpc) is 2.78. The fourth-order valence-electron chi connectivity index (χ4n) is 2.37. The van der Waals surface area contributed by atoms with Gasteiger partial charge in [-0.15, -0.1) is 11.3 Å². The second-order valence-electron chi connectivity index (χ2n) is 4.76. The normalized spacial score (nSPS) is 22.4. The molecule has 2 aromatic rings. The van der Waals surface area contributed by atoms with Crippen LogP contribution in [0.1, 0.15) is 19.8 Å². The Balaban J connectivity index is 1.65. The van der Waals surface area contributed by atoms with E-state index in [9.17, 15) is 0 Å². The van der Waals surface area contributed by atoms with E-state index < -0.39 is 0 Å². The number of anilines is 1. The number of benzene rings is 1. The fraction of sp³-hybridized carbons (Fsp3) is 0.500. The first-order chi connectivity index (χ1) is 9.28. The van der Waals surface area contributed by atoms with Crippen molar-refractivity contribution in [2.24, 2.45) is 0 Å². The molecule has 5 heteroatoms. The van der Waals surface area contributed by atoms with Crippen LogP contribution < -0.4 is 5.32 Å². The Morgan fingerprint density at radius 2 is 2.32 bits per heavy atom. The Labute approximate surface area is 121 Å². The molecule has 19 heavy (non-hydrogen) atoms. The molecule has 0 atom stereocenters. The summed E-state index contributed by atoms with van der Waals surface area (Å²) < 4.78 is 7.97. The second-order valence-corrected chi connectivity index (χ2v) is 6.84. The predicted octanol–water partition coefficient (Wildman–Crippen LogP) is 4.00. The number of nitrogens with zero attached hydrogens (tertiary/aromatic N) is 1. The van der Waals surface area contributed by atoms with Crippen LogP contribution in [0.25, 0.3) is 10.2 Å². The number of thiazole rings is 1. The first kappa shape index (κ1) is 13.2. The number of fused-ring (bicyclic) bond motifs is 1. The summed E-state index contributed by atoms with van der Waals surface area (Å²) >= 11 is 3.47. The summed E-state index contributed by atoms with van der Waals surface area (Å²) in [5, 5.41) is 3.58. The van der Waals surface area contributed by atoms with Crippen LogP contribution in [0.15, 0.2) is 22.5 Å². The van der Waals surface area contributed by atoms with Gasteiger partial charge in [-0.05, 0) is 44.2 Å². The van der Waals surface area contributed by atoms with Crippen molar-refractivity contribution in [1.29, 1.82) is 0 Å². The summed E-state index contributed by atoms with van der Waals surface area (Å²) in [6.07, 6.45) is 4.76. The van der Waals surface area contributed by atoms with Crippen LogP contribution >= 0.6 is 23.1 Å². The van der Waals surface area contributed by atoms with Gasteiger partial charge in [-0.25, -0.2) is 4.98 Å². The van der Waals surface area contributed by atoms with Gasteiger partial charge < -0.3 is 10.1 Å². The van der Waals surface area contributed by atoms with Gasteiger partial charge in [0.15, 0.2) is 4.34 Å². The van der Waals surface area contributed by atoms with Crippen molar-refractivity contribution in [2.45, 2.75) is 36.3 Å². The molecule has 3 nitrogen and oxygen atoms in total. The molecule has 1 aromatic carbocycles. The van der Waals surface area contributed by atoms with E-state index in [1.807, 2.05) is 0 Å². The first-order valence-corrected chi connectivity index (χ1v) is 8.65. The number of rotatable bonds is 5. The van der Waals surface area contributed by atoms with E-state index in [1.165, 1.54) is 10.4 Å². The zero-order valence-corrected chi connectivity index (χ0v) is 12.8. The van der Waals surface area contributed by atoms with Crippen LogP contribution in [0.3, 0.4) is 0 Å². The lowest BCUT2D eigenvalue weighted by Gasteiger charge is -2.36. The molecule has 1 aromatic heterocycles. The lowest BCUT2D eigenvalue weighted by Crippen LogP contribution is -2.40. The van der Waals surface area contributed by atoms with Crippen LogP contribution in [-0.4, -0.2) is 30.0 Å². The molecule has 1 heterocycles. The van der Waals surface area contributed by atoms with Crippen molar-refractivity contribution in [2.75, 3.05) is 18.2 Å². The maximum absolute atomic E-state index is 5.58. The smallest absolute Gasteiger partial charge is 0.150 e. The molecule has 1 saturated carbocycles. The maximum atomic E-state index is 5.58. The Bertz CT molecular complexity index is 564. The maximum Gasteiger partial charge on any atom is 0.150 e. The third-order valence-electron chi connectivity index (χ3n) is 3.41. The van der Waals surface area contributed by atoms with Gasteiger partial charge in [0.25, 0.3) is 0 Å². The molecule has 1 aliphatic rings. The zero-order chi connectivity index (χ0) is 13.2. The van der Waals surface area contributed by atoms with Gasteiger partial charge in [0.2, 0.25) is 0 Å². The monoisotopic (exact) mass is 294 g/mol. The zero-order valence-electron chi connectivity index (χ0n) is 11.2. The Morgan fingerprint density at radius 3 is 3.05 bits per heavy atom. The van der Waals surface area contributed by atoms with E-state index in [1.54, 1.807) is 23.1 Å². The highest BCUT2D eigenvalue weighted by Gasteiger charge is 2.29. The molecule has 0 spiro atoms. The molecular weight excluding hydrogens is 276 g/mol. The third kappa shape index (κ3) is 2.88. The highest BCUT2D eigenvalue weighted by atomic mass is 32.2. The van der Waals surface area contributed by atoms with Gasteiger partial charge in [0.05, 0.1) is 16.3 Å². The van der Waals surface area contributed by atoms with E-state index in [0.717, 1.165) is 29.3 Å². The Hall–Kier alpha value is -0.780. The molecule has 0 bridgehead atoms. The lowest BCUT2D eigenvalue weighted by molar-refractivity contribution is 0.00300. The van der Waals surface area contributed by atoms with Crippen LogP contribution in [-0.2, 0) is 4.74 Å². The van der Waals surface area contributed by atoms with Crippen molar-refractivity contribution in [3.8, 4) is 0 Å². The highest BCUT2D eigenvalue weighted by Crippen LogP contribution is 2.32. The van der Waals surface area contributed by atoms with Crippen LogP contribution in [0, 0.1) is 0 Å². The van der Waals surface area contributed by atoms with E-state index in [0.29, 0.717) is 12.1 Å². The van der Waals surface area contributed by atoms with Gasteiger partial charge in [-0.1, -0.05) is 11.8 Å². The van der Waals surface area contributed by atoms with Crippen LogP contribution in [0.5, 0.6) is 0 Å². The first-order valence-electron chi connectivity index (χ1n) is 6.61. The van der Waals surface area contributed by atoms with E-state index in [2.05, 4.69) is 41.7 Å². The Kier molecular flexibility index (Phi) is 3.96. The minimum absolute atomic E-state index is 0.456. The van der Waals surface area contributed by atoms with Gasteiger partial charge >= 0.3 is 0 Å². The van der Waals surface area contributed by atoms with E-state index in [-0.39, 0.29) is 0 Å². The van der Waals surface area contributed by atoms with Crippen LogP contribution in [0.4, 0.5) is 5.69 Å². The minimum Gasteiger partial charge on any atom is -0.382 e. The number of aromatic nitrogens is 1. The van der Waals surface area contributed by atoms with E-state index >= 15 is 0 Å². The average molecular weight is 294 g/mol. The largest absolute Gasteiger partial charge is 0.382 e. The van der Waals surface area contributed by atoms with Crippen LogP contribution in [0.2, 0.25) is 0 Å². The summed E-state index contributed by atoms with van der Waals surface area (Å²) in [4.78, 5) is 4.56. The Morgan fingerprint density at radius 1 is 1.47 bits per heavy atom. The van der Waals surface area contributed by atoms with Gasteiger partial charge in [0.1, 0.15) is 0 Å². The molecule has 0 aliphatic heterocycles. The van der Waals surface area contributed by atoms with Crippen molar-refractivity contribution in [1.82, 2.24) is 4.98 Å². The number of ether oxygens (including phenoxy) is 1. The molecule has 0 saturated heterocycles. The highest BCUT2D eigenvalue weighted by molar-refractivity contribution is 8.00. The van der Waals surface area contributed by atoms with Gasteiger partial charge in [0, 0.05) is 18.3 Å².